The molecule has 2 rings (SSSR count). The van der Waals surface area contributed by atoms with Gasteiger partial charge in [0.15, 0.2) is 0 Å². The second-order valence-corrected chi connectivity index (χ2v) is 5.88. The van der Waals surface area contributed by atoms with Crippen LogP contribution in [0.4, 0.5) is 0 Å². The van der Waals surface area contributed by atoms with Crippen molar-refractivity contribution in [2.45, 2.75) is 44.6 Å². The molecule has 1 amide bonds. The summed E-state index contributed by atoms with van der Waals surface area (Å²) >= 11 is 1.69. The van der Waals surface area contributed by atoms with Crippen molar-refractivity contribution >= 4 is 42.1 Å². The third-order valence-corrected chi connectivity index (χ3v) is 4.17. The number of hydrogen-bond acceptors (Lipinski definition) is 4. The number of hydrogen-bond donors (Lipinski definition) is 2. The highest BCUT2D eigenvalue weighted by Gasteiger charge is 2.45. The molecule has 0 spiro atoms. The Morgan fingerprint density at radius 3 is 2.63 bits per heavy atom. The smallest absolute Gasteiger partial charge is 0.240 e. The monoisotopic (exact) mass is 325 g/mol. The van der Waals surface area contributed by atoms with E-state index in [4.69, 9.17) is 5.73 Å². The van der Waals surface area contributed by atoms with Crippen LogP contribution in [0.15, 0.2) is 5.38 Å². The molecule has 1 aromatic rings. The van der Waals surface area contributed by atoms with Crippen LogP contribution in [0.5, 0.6) is 0 Å². The second kappa shape index (κ2) is 7.43. The number of halogens is 2. The summed E-state index contributed by atoms with van der Waals surface area (Å²) in [6, 6.07) is 0. The normalized spacial score (nSPS) is 15.4. The zero-order valence-electron chi connectivity index (χ0n) is 11.1. The van der Waals surface area contributed by atoms with E-state index in [1.807, 2.05) is 0 Å². The van der Waals surface area contributed by atoms with Crippen LogP contribution in [-0.4, -0.2) is 23.0 Å². The van der Waals surface area contributed by atoms with E-state index in [2.05, 4.69) is 29.5 Å². The van der Waals surface area contributed by atoms with Gasteiger partial charge in [0, 0.05) is 24.3 Å². The Morgan fingerprint density at radius 1 is 1.53 bits per heavy atom. The summed E-state index contributed by atoms with van der Waals surface area (Å²) in [5, 5.41) is 6.10. The average molecular weight is 326 g/mol. The third kappa shape index (κ3) is 4.91. The first-order chi connectivity index (χ1) is 8.01. The first-order valence-electron chi connectivity index (χ1n) is 6.03. The maximum absolute atomic E-state index is 11.6. The lowest BCUT2D eigenvalue weighted by atomic mass is 10.2. The number of thiazole rings is 1. The Morgan fingerprint density at radius 2 is 2.16 bits per heavy atom. The van der Waals surface area contributed by atoms with Crippen molar-refractivity contribution in [1.29, 1.82) is 0 Å². The standard InChI is InChI=1S/C12H19N3OS.2ClH/c1-8(2)10-15-9(7-17-10)3-6-14-11(16)12(13)4-5-12;;/h7-8H,3-6,13H2,1-2H3,(H,14,16);2*1H. The van der Waals surface area contributed by atoms with Gasteiger partial charge in [-0.2, -0.15) is 0 Å². The van der Waals surface area contributed by atoms with E-state index in [1.165, 1.54) is 0 Å². The van der Waals surface area contributed by atoms with Crippen LogP contribution in [0.2, 0.25) is 0 Å². The zero-order valence-corrected chi connectivity index (χ0v) is 13.6. The van der Waals surface area contributed by atoms with Gasteiger partial charge in [-0.05, 0) is 12.8 Å². The molecule has 0 aliphatic heterocycles. The van der Waals surface area contributed by atoms with E-state index in [0.717, 1.165) is 30.0 Å². The first kappa shape index (κ1) is 18.6. The molecule has 4 nitrogen and oxygen atoms in total. The van der Waals surface area contributed by atoms with Crippen molar-refractivity contribution < 1.29 is 4.79 Å². The van der Waals surface area contributed by atoms with Gasteiger partial charge in [0.05, 0.1) is 16.2 Å². The SMILES string of the molecule is CC(C)c1nc(CCNC(=O)C2(N)CC2)cs1.Cl.Cl. The lowest BCUT2D eigenvalue weighted by molar-refractivity contribution is -0.123. The molecule has 110 valence electrons. The number of nitrogens with two attached hydrogens (primary N) is 1. The fourth-order valence-electron chi connectivity index (χ4n) is 1.54. The fraction of sp³-hybridized carbons (Fsp3) is 0.667. The van der Waals surface area contributed by atoms with Gasteiger partial charge in [0.25, 0.3) is 0 Å². The summed E-state index contributed by atoms with van der Waals surface area (Å²) < 4.78 is 0. The van der Waals surface area contributed by atoms with E-state index >= 15 is 0 Å². The van der Waals surface area contributed by atoms with Crippen LogP contribution < -0.4 is 11.1 Å². The lowest BCUT2D eigenvalue weighted by Crippen LogP contribution is -2.43. The summed E-state index contributed by atoms with van der Waals surface area (Å²) in [6.07, 6.45) is 2.41. The molecule has 19 heavy (non-hydrogen) atoms. The molecule has 0 radical (unpaired) electrons. The van der Waals surface area contributed by atoms with E-state index < -0.39 is 5.54 Å². The predicted octanol–water partition coefficient (Wildman–Crippen LogP) is 2.26. The number of carbonyl (C=O) groups excluding carboxylic acids is 1. The van der Waals surface area contributed by atoms with Crippen molar-refractivity contribution in [3.8, 4) is 0 Å². The van der Waals surface area contributed by atoms with E-state index in [9.17, 15) is 4.79 Å². The van der Waals surface area contributed by atoms with Crippen molar-refractivity contribution in [3.63, 3.8) is 0 Å². The molecule has 0 unspecified atom stereocenters. The summed E-state index contributed by atoms with van der Waals surface area (Å²) in [4.78, 5) is 16.1. The molecule has 1 heterocycles. The Bertz CT molecular complexity index is 419. The molecule has 7 heteroatoms. The highest BCUT2D eigenvalue weighted by Crippen LogP contribution is 2.32. The molecule has 0 aromatic carbocycles. The molecule has 1 aliphatic rings. The van der Waals surface area contributed by atoms with Crippen LogP contribution in [0, 0.1) is 0 Å². The van der Waals surface area contributed by atoms with Crippen molar-refractivity contribution in [3.05, 3.63) is 16.1 Å². The van der Waals surface area contributed by atoms with Crippen LogP contribution in [-0.2, 0) is 11.2 Å². The lowest BCUT2D eigenvalue weighted by Gasteiger charge is -2.08. The van der Waals surface area contributed by atoms with Gasteiger partial charge < -0.3 is 11.1 Å². The molecular formula is C12H21Cl2N3OS. The molecule has 0 bridgehead atoms. The topological polar surface area (TPSA) is 68.0 Å². The number of nitrogens with one attached hydrogen (secondary N) is 1. The Labute approximate surface area is 130 Å². The van der Waals surface area contributed by atoms with E-state index in [0.29, 0.717) is 12.5 Å². The molecule has 3 N–H and O–H groups in total. The maximum Gasteiger partial charge on any atom is 0.240 e. The van der Waals surface area contributed by atoms with Crippen LogP contribution >= 0.6 is 36.2 Å². The third-order valence-electron chi connectivity index (χ3n) is 2.97. The molecule has 0 atom stereocenters. The maximum atomic E-state index is 11.6. The van der Waals surface area contributed by atoms with Crippen LogP contribution in [0.25, 0.3) is 0 Å². The molecule has 1 aromatic heterocycles. The van der Waals surface area contributed by atoms with Gasteiger partial charge in [0.2, 0.25) is 5.91 Å². The van der Waals surface area contributed by atoms with Crippen LogP contribution in [0.3, 0.4) is 0 Å². The minimum absolute atomic E-state index is 0. The minimum Gasteiger partial charge on any atom is -0.354 e. The second-order valence-electron chi connectivity index (χ2n) is 4.99. The number of aromatic nitrogens is 1. The highest BCUT2D eigenvalue weighted by molar-refractivity contribution is 7.09. The van der Waals surface area contributed by atoms with Gasteiger partial charge in [-0.25, -0.2) is 4.98 Å². The molecular weight excluding hydrogens is 305 g/mol. The van der Waals surface area contributed by atoms with Gasteiger partial charge in [0.1, 0.15) is 0 Å². The predicted molar refractivity (Wildman–Crippen MR) is 83.6 cm³/mol. The van der Waals surface area contributed by atoms with E-state index in [1.54, 1.807) is 11.3 Å². The first-order valence-corrected chi connectivity index (χ1v) is 6.91. The Balaban J connectivity index is 0.00000162. The average Bonchev–Trinajstić information content (AvgIpc) is 2.86. The number of carbonyl (C=O) groups is 1. The van der Waals surface area contributed by atoms with E-state index in [-0.39, 0.29) is 30.7 Å². The Kier molecular flexibility index (Phi) is 7.29. The van der Waals surface area contributed by atoms with Crippen LogP contribution in [0.1, 0.15) is 43.3 Å². The summed E-state index contributed by atoms with van der Waals surface area (Å²) in [7, 11) is 0. The van der Waals surface area contributed by atoms with Gasteiger partial charge in [-0.3, -0.25) is 4.79 Å². The number of rotatable bonds is 5. The van der Waals surface area contributed by atoms with Crippen molar-refractivity contribution in [1.82, 2.24) is 10.3 Å². The van der Waals surface area contributed by atoms with Gasteiger partial charge >= 0.3 is 0 Å². The summed E-state index contributed by atoms with van der Waals surface area (Å²) in [5.74, 6) is 0.457. The zero-order chi connectivity index (χ0) is 12.5. The largest absolute Gasteiger partial charge is 0.354 e. The highest BCUT2D eigenvalue weighted by atomic mass is 35.5. The molecule has 1 aliphatic carbocycles. The number of nitrogens with zero attached hydrogens (tertiary/aromatic N) is 1. The van der Waals surface area contributed by atoms with Crippen molar-refractivity contribution in [2.75, 3.05) is 6.54 Å². The quantitative estimate of drug-likeness (QED) is 0.872. The van der Waals surface area contributed by atoms with Gasteiger partial charge in [-0.1, -0.05) is 13.8 Å². The fourth-order valence-corrected chi connectivity index (χ4v) is 2.41. The number of amides is 1. The van der Waals surface area contributed by atoms with Gasteiger partial charge in [-0.15, -0.1) is 36.2 Å². The molecule has 1 fully saturated rings. The summed E-state index contributed by atoms with van der Waals surface area (Å²) in [5.41, 5.74) is 6.28. The molecule has 0 saturated heterocycles. The minimum atomic E-state index is -0.564. The molecule has 1 saturated carbocycles. The summed E-state index contributed by atoms with van der Waals surface area (Å²) in [6.45, 7) is 4.89. The van der Waals surface area contributed by atoms with Crippen molar-refractivity contribution in [2.24, 2.45) is 5.73 Å². The Hall–Kier alpha value is -0.360.